The summed E-state index contributed by atoms with van der Waals surface area (Å²) in [4.78, 5) is 0. The van der Waals surface area contributed by atoms with Gasteiger partial charge in [-0.1, -0.05) is 127 Å². The summed E-state index contributed by atoms with van der Waals surface area (Å²) in [7, 11) is 0. The van der Waals surface area contributed by atoms with E-state index in [0.29, 0.717) is 0 Å². The molecule has 2 nitrogen and oxygen atoms in total. The minimum Gasteiger partial charge on any atom is -0.309 e. The van der Waals surface area contributed by atoms with E-state index >= 15 is 0 Å². The van der Waals surface area contributed by atoms with Crippen LogP contribution in [0.25, 0.3) is 98.4 Å². The van der Waals surface area contributed by atoms with Gasteiger partial charge in [0.05, 0.1) is 22.1 Å². The second kappa shape index (κ2) is 10.6. The first-order chi connectivity index (χ1) is 24.8. The molecule has 2 heterocycles. The van der Waals surface area contributed by atoms with Gasteiger partial charge in [-0.3, -0.25) is 0 Å². The number of nitrogens with zero attached hydrogens (tertiary/aromatic N) is 2. The smallest absolute Gasteiger partial charge is 0.0619 e. The third-order valence-corrected chi connectivity index (χ3v) is 10.9. The van der Waals surface area contributed by atoms with Gasteiger partial charge in [-0.25, -0.2) is 0 Å². The van der Waals surface area contributed by atoms with Crippen LogP contribution in [0.2, 0.25) is 0 Å². The Balaban J connectivity index is 1.10. The van der Waals surface area contributed by atoms with E-state index < -0.39 is 0 Å². The standard InChI is InChI=1S/C48H32N2/c1-2-13-36(14-3-1)50-43-27-23-35(30-42(43)41-26-20-34-12-6-9-17-40(34)48(41)50)31-18-24-37(25-19-31)49-44-28-21-32-10-4-7-15-38(32)46(44)47-39-16-8-5-11-33(39)22-29-45(47)49/h2,4-30H,1,3H2. The fourth-order valence-electron chi connectivity index (χ4n) is 8.62. The second-order valence-corrected chi connectivity index (χ2v) is 13.6. The third-order valence-electron chi connectivity index (χ3n) is 10.9. The summed E-state index contributed by atoms with van der Waals surface area (Å²) in [6.07, 6.45) is 9.14. The van der Waals surface area contributed by atoms with Crippen LogP contribution in [0, 0.1) is 0 Å². The number of aromatic nitrogens is 2. The van der Waals surface area contributed by atoms with Crippen molar-refractivity contribution >= 4 is 81.6 Å². The summed E-state index contributed by atoms with van der Waals surface area (Å²) in [6.45, 7) is 0. The van der Waals surface area contributed by atoms with Crippen molar-refractivity contribution in [3.63, 3.8) is 0 Å². The predicted octanol–water partition coefficient (Wildman–Crippen LogP) is 13.2. The lowest BCUT2D eigenvalue weighted by Crippen LogP contribution is -1.97. The molecule has 2 heteroatoms. The minimum absolute atomic E-state index is 1.07. The normalized spacial score (nSPS) is 13.5. The van der Waals surface area contributed by atoms with E-state index in [9.17, 15) is 0 Å². The summed E-state index contributed by atoms with van der Waals surface area (Å²) < 4.78 is 4.92. The maximum atomic E-state index is 2.48. The first-order valence-corrected chi connectivity index (χ1v) is 17.6. The van der Waals surface area contributed by atoms with Gasteiger partial charge in [0.15, 0.2) is 0 Å². The predicted molar refractivity (Wildman–Crippen MR) is 214 cm³/mol. The molecule has 2 aromatic heterocycles. The van der Waals surface area contributed by atoms with Gasteiger partial charge in [-0.05, 0) is 93.4 Å². The molecule has 50 heavy (non-hydrogen) atoms. The fraction of sp³-hybridized carbons (Fsp3) is 0.0417. The SMILES string of the molecule is C1=CC(n2c3ccc(-c4ccc(-n5c6ccc7ccccc7c6c6c7ccccc7ccc65)cc4)cc3c3ccc4ccccc4c32)=CCC1. The van der Waals surface area contributed by atoms with Crippen LogP contribution in [0.4, 0.5) is 0 Å². The third kappa shape index (κ3) is 3.90. The van der Waals surface area contributed by atoms with E-state index in [1.165, 1.54) is 98.4 Å². The number of benzene rings is 8. The van der Waals surface area contributed by atoms with Crippen LogP contribution in [-0.4, -0.2) is 9.13 Å². The zero-order valence-electron chi connectivity index (χ0n) is 27.5. The van der Waals surface area contributed by atoms with E-state index in [4.69, 9.17) is 0 Å². The van der Waals surface area contributed by atoms with Gasteiger partial charge in [0.2, 0.25) is 0 Å². The quantitative estimate of drug-likeness (QED) is 0.183. The monoisotopic (exact) mass is 636 g/mol. The number of hydrogen-bond acceptors (Lipinski definition) is 0. The topological polar surface area (TPSA) is 9.86 Å². The van der Waals surface area contributed by atoms with Gasteiger partial charge in [0.25, 0.3) is 0 Å². The lowest BCUT2D eigenvalue weighted by molar-refractivity contribution is 1.02. The van der Waals surface area contributed by atoms with Crippen LogP contribution in [0.5, 0.6) is 0 Å². The molecule has 234 valence electrons. The van der Waals surface area contributed by atoms with Crippen LogP contribution >= 0.6 is 0 Å². The molecular weight excluding hydrogens is 605 g/mol. The zero-order valence-corrected chi connectivity index (χ0v) is 27.5. The molecule has 8 aromatic carbocycles. The summed E-state index contributed by atoms with van der Waals surface area (Å²) >= 11 is 0. The highest BCUT2D eigenvalue weighted by molar-refractivity contribution is 6.28. The lowest BCUT2D eigenvalue weighted by Gasteiger charge is -2.13. The van der Waals surface area contributed by atoms with E-state index in [1.54, 1.807) is 0 Å². The molecule has 0 spiro atoms. The minimum atomic E-state index is 1.07. The molecule has 0 fully saturated rings. The van der Waals surface area contributed by atoms with E-state index in [-0.39, 0.29) is 0 Å². The Bertz CT molecular complexity index is 2980. The molecule has 0 N–H and O–H groups in total. The van der Waals surface area contributed by atoms with E-state index in [1.807, 2.05) is 0 Å². The summed E-state index contributed by atoms with van der Waals surface area (Å²) in [6, 6.07) is 56.2. The van der Waals surface area contributed by atoms with Crippen LogP contribution in [0.15, 0.2) is 170 Å². The van der Waals surface area contributed by atoms with Crippen molar-refractivity contribution in [2.24, 2.45) is 0 Å². The summed E-state index contributed by atoms with van der Waals surface area (Å²) in [5.74, 6) is 0. The highest BCUT2D eigenvalue weighted by Gasteiger charge is 2.19. The van der Waals surface area contributed by atoms with Crippen molar-refractivity contribution in [3.05, 3.63) is 170 Å². The maximum absolute atomic E-state index is 2.48. The summed E-state index contributed by atoms with van der Waals surface area (Å²) in [5.41, 5.74) is 9.87. The molecule has 0 aliphatic heterocycles. The van der Waals surface area contributed by atoms with Crippen molar-refractivity contribution in [2.45, 2.75) is 12.8 Å². The first kappa shape index (κ1) is 27.6. The molecule has 0 unspecified atom stereocenters. The average Bonchev–Trinajstić information content (AvgIpc) is 3.72. The Morgan fingerprint density at radius 3 is 1.64 bits per heavy atom. The van der Waals surface area contributed by atoms with Crippen LogP contribution in [-0.2, 0) is 0 Å². The number of fused-ring (bicyclic) bond motifs is 12. The molecule has 1 aliphatic carbocycles. The molecule has 10 aromatic rings. The Morgan fingerprint density at radius 1 is 0.400 bits per heavy atom. The van der Waals surface area contributed by atoms with Gasteiger partial charge in [0, 0.05) is 38.3 Å². The summed E-state index contributed by atoms with van der Waals surface area (Å²) in [5, 5.41) is 12.9. The molecule has 0 amide bonds. The van der Waals surface area contributed by atoms with Gasteiger partial charge in [0.1, 0.15) is 0 Å². The van der Waals surface area contributed by atoms with Crippen molar-refractivity contribution in [1.82, 2.24) is 9.13 Å². The van der Waals surface area contributed by atoms with Gasteiger partial charge < -0.3 is 9.13 Å². The Labute approximate surface area is 289 Å². The first-order valence-electron chi connectivity index (χ1n) is 17.6. The molecule has 11 rings (SSSR count). The van der Waals surface area contributed by atoms with Gasteiger partial charge in [-0.2, -0.15) is 0 Å². The molecule has 0 radical (unpaired) electrons. The molecular formula is C48H32N2. The van der Waals surface area contributed by atoms with Gasteiger partial charge >= 0.3 is 0 Å². The van der Waals surface area contributed by atoms with Crippen LogP contribution < -0.4 is 0 Å². The van der Waals surface area contributed by atoms with E-state index in [0.717, 1.165) is 12.8 Å². The van der Waals surface area contributed by atoms with Crippen LogP contribution in [0.3, 0.4) is 0 Å². The number of hydrogen-bond donors (Lipinski definition) is 0. The number of rotatable bonds is 3. The van der Waals surface area contributed by atoms with Crippen LogP contribution in [0.1, 0.15) is 12.8 Å². The molecule has 0 bridgehead atoms. The Hall–Kier alpha value is -6.38. The highest BCUT2D eigenvalue weighted by Crippen LogP contribution is 2.42. The van der Waals surface area contributed by atoms with Crippen molar-refractivity contribution in [3.8, 4) is 16.8 Å². The number of allylic oxidation sites excluding steroid dienone is 4. The van der Waals surface area contributed by atoms with E-state index in [2.05, 4.69) is 179 Å². The Morgan fingerprint density at radius 2 is 0.980 bits per heavy atom. The molecule has 0 saturated heterocycles. The van der Waals surface area contributed by atoms with Crippen molar-refractivity contribution in [1.29, 1.82) is 0 Å². The van der Waals surface area contributed by atoms with Crippen molar-refractivity contribution in [2.75, 3.05) is 0 Å². The maximum Gasteiger partial charge on any atom is 0.0619 e. The second-order valence-electron chi connectivity index (χ2n) is 13.6. The van der Waals surface area contributed by atoms with Crippen molar-refractivity contribution < 1.29 is 0 Å². The van der Waals surface area contributed by atoms with Gasteiger partial charge in [-0.15, -0.1) is 0 Å². The average molecular weight is 637 g/mol. The molecule has 0 atom stereocenters. The molecule has 0 saturated carbocycles. The fourth-order valence-corrected chi connectivity index (χ4v) is 8.62. The highest BCUT2D eigenvalue weighted by atomic mass is 15.0. The molecule has 1 aliphatic rings. The largest absolute Gasteiger partial charge is 0.309 e. The lowest BCUT2D eigenvalue weighted by atomic mass is 10.00. The zero-order chi connectivity index (χ0) is 32.8. The Kier molecular flexibility index (Phi) is 5.82.